The van der Waals surface area contributed by atoms with E-state index in [-0.39, 0.29) is 11.9 Å². The lowest BCUT2D eigenvalue weighted by molar-refractivity contribution is 0.596. The van der Waals surface area contributed by atoms with Crippen molar-refractivity contribution in [1.29, 1.82) is 0 Å². The van der Waals surface area contributed by atoms with Gasteiger partial charge in [-0.15, -0.1) is 0 Å². The molecule has 2 aromatic rings. The average molecular weight is 336 g/mol. The normalized spacial score (nSPS) is 12.4. The van der Waals surface area contributed by atoms with Gasteiger partial charge in [0.1, 0.15) is 5.82 Å². The standard InChI is InChI=1S/C17H19BrFN/c1-4-20-17(13-6-5-11(2)16(19)10-13)15-8-7-14(18)9-12(15)3/h5-10,17,20H,4H2,1-3H3. The molecule has 0 radical (unpaired) electrons. The van der Waals surface area contributed by atoms with Crippen LogP contribution in [0.3, 0.4) is 0 Å². The van der Waals surface area contributed by atoms with Gasteiger partial charge in [-0.2, -0.15) is 0 Å². The Morgan fingerprint density at radius 2 is 1.85 bits per heavy atom. The van der Waals surface area contributed by atoms with Crippen LogP contribution in [0.1, 0.15) is 35.2 Å². The largest absolute Gasteiger partial charge is 0.307 e. The third kappa shape index (κ3) is 3.28. The molecule has 0 bridgehead atoms. The summed E-state index contributed by atoms with van der Waals surface area (Å²) in [4.78, 5) is 0. The second-order valence-corrected chi connectivity index (χ2v) is 5.92. The third-order valence-corrected chi connectivity index (χ3v) is 3.97. The molecule has 1 atom stereocenters. The van der Waals surface area contributed by atoms with Crippen molar-refractivity contribution in [2.75, 3.05) is 6.54 Å². The van der Waals surface area contributed by atoms with Gasteiger partial charge in [0.05, 0.1) is 6.04 Å². The highest BCUT2D eigenvalue weighted by atomic mass is 79.9. The molecule has 0 fully saturated rings. The molecule has 20 heavy (non-hydrogen) atoms. The lowest BCUT2D eigenvalue weighted by Crippen LogP contribution is -2.23. The van der Waals surface area contributed by atoms with Gasteiger partial charge in [0.25, 0.3) is 0 Å². The minimum Gasteiger partial charge on any atom is -0.307 e. The van der Waals surface area contributed by atoms with Crippen molar-refractivity contribution in [2.45, 2.75) is 26.8 Å². The number of rotatable bonds is 4. The van der Waals surface area contributed by atoms with Crippen molar-refractivity contribution in [3.8, 4) is 0 Å². The molecule has 0 saturated heterocycles. The summed E-state index contributed by atoms with van der Waals surface area (Å²) in [6.07, 6.45) is 0. The summed E-state index contributed by atoms with van der Waals surface area (Å²) in [5, 5.41) is 3.44. The summed E-state index contributed by atoms with van der Waals surface area (Å²) in [6, 6.07) is 11.7. The Morgan fingerprint density at radius 1 is 1.10 bits per heavy atom. The van der Waals surface area contributed by atoms with E-state index in [1.165, 1.54) is 11.1 Å². The summed E-state index contributed by atoms with van der Waals surface area (Å²) in [7, 11) is 0. The zero-order valence-electron chi connectivity index (χ0n) is 12.0. The van der Waals surface area contributed by atoms with Crippen molar-refractivity contribution < 1.29 is 4.39 Å². The van der Waals surface area contributed by atoms with Gasteiger partial charge in [-0.3, -0.25) is 0 Å². The highest BCUT2D eigenvalue weighted by molar-refractivity contribution is 9.10. The Kier molecular flexibility index (Phi) is 4.95. The number of nitrogens with one attached hydrogen (secondary N) is 1. The first-order valence-electron chi connectivity index (χ1n) is 6.78. The minimum atomic E-state index is -0.153. The second-order valence-electron chi connectivity index (χ2n) is 5.00. The number of hydrogen-bond acceptors (Lipinski definition) is 1. The van der Waals surface area contributed by atoms with Crippen LogP contribution in [0.2, 0.25) is 0 Å². The fraction of sp³-hybridized carbons (Fsp3) is 0.294. The first-order valence-corrected chi connectivity index (χ1v) is 7.57. The van der Waals surface area contributed by atoms with Crippen LogP contribution in [0.15, 0.2) is 40.9 Å². The molecule has 0 aromatic heterocycles. The van der Waals surface area contributed by atoms with Crippen molar-refractivity contribution in [3.05, 3.63) is 68.9 Å². The van der Waals surface area contributed by atoms with Crippen LogP contribution >= 0.6 is 15.9 Å². The molecule has 0 saturated carbocycles. The molecular weight excluding hydrogens is 317 g/mol. The second kappa shape index (κ2) is 6.51. The topological polar surface area (TPSA) is 12.0 Å². The molecule has 0 aliphatic carbocycles. The zero-order valence-corrected chi connectivity index (χ0v) is 13.6. The highest BCUT2D eigenvalue weighted by Gasteiger charge is 2.16. The zero-order chi connectivity index (χ0) is 14.7. The highest BCUT2D eigenvalue weighted by Crippen LogP contribution is 2.28. The molecule has 1 N–H and O–H groups in total. The van der Waals surface area contributed by atoms with E-state index < -0.39 is 0 Å². The predicted molar refractivity (Wildman–Crippen MR) is 85.5 cm³/mol. The number of halogens is 2. The molecule has 2 aromatic carbocycles. The van der Waals surface area contributed by atoms with Gasteiger partial charge < -0.3 is 5.32 Å². The molecule has 1 nitrogen and oxygen atoms in total. The van der Waals surface area contributed by atoms with E-state index in [4.69, 9.17) is 0 Å². The first kappa shape index (κ1) is 15.2. The molecule has 2 rings (SSSR count). The molecule has 0 amide bonds. The Bertz CT molecular complexity index is 610. The van der Waals surface area contributed by atoms with E-state index in [9.17, 15) is 4.39 Å². The van der Waals surface area contributed by atoms with E-state index in [0.29, 0.717) is 5.56 Å². The van der Waals surface area contributed by atoms with E-state index in [1.54, 1.807) is 13.0 Å². The van der Waals surface area contributed by atoms with Crippen LogP contribution in [0, 0.1) is 19.7 Å². The molecule has 0 heterocycles. The monoisotopic (exact) mass is 335 g/mol. The van der Waals surface area contributed by atoms with Crippen LogP contribution in [0.5, 0.6) is 0 Å². The molecule has 106 valence electrons. The Labute approximate surface area is 128 Å². The maximum Gasteiger partial charge on any atom is 0.126 e. The average Bonchev–Trinajstić information content (AvgIpc) is 2.40. The summed E-state index contributed by atoms with van der Waals surface area (Å²) in [6.45, 7) is 6.75. The Balaban J connectivity index is 2.47. The summed E-state index contributed by atoms with van der Waals surface area (Å²) in [5.74, 6) is -0.153. The molecule has 3 heteroatoms. The summed E-state index contributed by atoms with van der Waals surface area (Å²) >= 11 is 3.48. The van der Waals surface area contributed by atoms with Crippen molar-refractivity contribution >= 4 is 15.9 Å². The summed E-state index contributed by atoms with van der Waals surface area (Å²) < 4.78 is 14.9. The molecule has 0 aliphatic rings. The van der Waals surface area contributed by atoms with E-state index in [0.717, 1.165) is 16.6 Å². The number of benzene rings is 2. The lowest BCUT2D eigenvalue weighted by Gasteiger charge is -2.21. The van der Waals surface area contributed by atoms with Crippen LogP contribution in [-0.4, -0.2) is 6.54 Å². The number of hydrogen-bond donors (Lipinski definition) is 1. The fourth-order valence-electron chi connectivity index (χ4n) is 2.36. The van der Waals surface area contributed by atoms with Gasteiger partial charge in [-0.25, -0.2) is 4.39 Å². The molecule has 0 aliphatic heterocycles. The minimum absolute atomic E-state index is 0.0169. The van der Waals surface area contributed by atoms with E-state index >= 15 is 0 Å². The maximum absolute atomic E-state index is 13.8. The maximum atomic E-state index is 13.8. The van der Waals surface area contributed by atoms with Gasteiger partial charge in [0, 0.05) is 4.47 Å². The van der Waals surface area contributed by atoms with Gasteiger partial charge in [-0.05, 0) is 60.8 Å². The van der Waals surface area contributed by atoms with Crippen LogP contribution in [0.25, 0.3) is 0 Å². The van der Waals surface area contributed by atoms with Crippen molar-refractivity contribution in [2.24, 2.45) is 0 Å². The summed E-state index contributed by atoms with van der Waals surface area (Å²) in [5.41, 5.74) is 4.00. The lowest BCUT2D eigenvalue weighted by atomic mass is 9.94. The quantitative estimate of drug-likeness (QED) is 0.837. The predicted octanol–water partition coefficient (Wildman–Crippen LogP) is 4.90. The van der Waals surface area contributed by atoms with Crippen LogP contribution in [0.4, 0.5) is 4.39 Å². The van der Waals surface area contributed by atoms with Crippen molar-refractivity contribution in [3.63, 3.8) is 0 Å². The molecular formula is C17H19BrFN. The Hall–Kier alpha value is -1.19. The van der Waals surface area contributed by atoms with Gasteiger partial charge >= 0.3 is 0 Å². The first-order chi connectivity index (χ1) is 9.52. The van der Waals surface area contributed by atoms with E-state index in [1.807, 2.05) is 18.2 Å². The number of aryl methyl sites for hydroxylation is 2. The van der Waals surface area contributed by atoms with Crippen molar-refractivity contribution in [1.82, 2.24) is 5.32 Å². The van der Waals surface area contributed by atoms with Crippen LogP contribution < -0.4 is 5.32 Å². The molecule has 1 unspecified atom stereocenters. The smallest absolute Gasteiger partial charge is 0.126 e. The van der Waals surface area contributed by atoms with Crippen LogP contribution in [-0.2, 0) is 0 Å². The fourth-order valence-corrected chi connectivity index (χ4v) is 2.84. The Morgan fingerprint density at radius 3 is 2.45 bits per heavy atom. The molecule has 0 spiro atoms. The van der Waals surface area contributed by atoms with Gasteiger partial charge in [0.15, 0.2) is 0 Å². The third-order valence-electron chi connectivity index (χ3n) is 3.48. The SMILES string of the molecule is CCNC(c1ccc(C)c(F)c1)c1ccc(Br)cc1C. The van der Waals surface area contributed by atoms with E-state index in [2.05, 4.69) is 47.2 Å². The van der Waals surface area contributed by atoms with Gasteiger partial charge in [0.2, 0.25) is 0 Å². The van der Waals surface area contributed by atoms with Gasteiger partial charge in [-0.1, -0.05) is 41.1 Å².